The van der Waals surface area contributed by atoms with E-state index in [0.717, 1.165) is 76.7 Å². The molecule has 2 aliphatic rings. The van der Waals surface area contributed by atoms with Gasteiger partial charge in [-0.15, -0.1) is 0 Å². The van der Waals surface area contributed by atoms with Gasteiger partial charge in [-0.2, -0.15) is 0 Å². The van der Waals surface area contributed by atoms with E-state index in [0.29, 0.717) is 13.0 Å². The van der Waals surface area contributed by atoms with Gasteiger partial charge in [-0.3, -0.25) is 4.79 Å². The minimum absolute atomic E-state index is 0.0112. The summed E-state index contributed by atoms with van der Waals surface area (Å²) in [7, 11) is 0. The summed E-state index contributed by atoms with van der Waals surface area (Å²) >= 11 is 0. The lowest BCUT2D eigenvalue weighted by molar-refractivity contribution is -0.181. The van der Waals surface area contributed by atoms with Crippen molar-refractivity contribution in [3.05, 3.63) is 0 Å². The van der Waals surface area contributed by atoms with Crippen molar-refractivity contribution in [3.63, 3.8) is 0 Å². The number of nitrogens with zero attached hydrogens (tertiary/aromatic N) is 1. The number of hydrogen-bond acceptors (Lipinski definition) is 6. The summed E-state index contributed by atoms with van der Waals surface area (Å²) in [5.41, 5.74) is 0. The third kappa shape index (κ3) is 30.1. The van der Waals surface area contributed by atoms with Gasteiger partial charge in [-0.1, -0.05) is 195 Å². The molecule has 0 aliphatic carbocycles. The standard InChI is InChI=1S/C53H103NO5/c1-5-9-23-33-49(34-24-10-6-2)38-45-56-44-32-21-17-13-15-19-28-40-53(58-48-51(59-53)47-54-42-30-22-31-43-54)41-29-20-16-14-18-27-37-52(55)57-46-39-50(35-25-11-7-3)36-26-12-8-4/h49-51H,5-48H2,1-4H3. The van der Waals surface area contributed by atoms with E-state index in [1.807, 2.05) is 0 Å². The summed E-state index contributed by atoms with van der Waals surface area (Å²) in [6.07, 6.45) is 46.5. The van der Waals surface area contributed by atoms with E-state index < -0.39 is 0 Å². The molecule has 0 aromatic rings. The Hall–Kier alpha value is -0.690. The fourth-order valence-electron chi connectivity index (χ4n) is 9.74. The van der Waals surface area contributed by atoms with Gasteiger partial charge in [0.15, 0.2) is 5.79 Å². The monoisotopic (exact) mass is 834 g/mol. The fraction of sp³-hybridized carbons (Fsp3) is 0.981. The van der Waals surface area contributed by atoms with E-state index in [-0.39, 0.29) is 17.9 Å². The van der Waals surface area contributed by atoms with Crippen molar-refractivity contribution in [2.75, 3.05) is 46.1 Å². The van der Waals surface area contributed by atoms with Gasteiger partial charge in [0.1, 0.15) is 0 Å². The summed E-state index contributed by atoms with van der Waals surface area (Å²) < 4.78 is 25.2. The van der Waals surface area contributed by atoms with Crippen LogP contribution >= 0.6 is 0 Å². The van der Waals surface area contributed by atoms with Crippen LogP contribution in [0.1, 0.15) is 265 Å². The van der Waals surface area contributed by atoms with Crippen LogP contribution in [0.25, 0.3) is 0 Å². The summed E-state index contributed by atoms with van der Waals surface area (Å²) in [6, 6.07) is 0. The third-order valence-corrected chi connectivity index (χ3v) is 13.7. The molecule has 0 aromatic heterocycles. The summed E-state index contributed by atoms with van der Waals surface area (Å²) in [4.78, 5) is 15.1. The molecule has 0 bridgehead atoms. The first-order valence-electron chi connectivity index (χ1n) is 26.8. The summed E-state index contributed by atoms with van der Waals surface area (Å²) in [5, 5.41) is 0. The normalized spacial score (nSPS) is 18.8. The lowest BCUT2D eigenvalue weighted by atomic mass is 9.92. The van der Waals surface area contributed by atoms with Crippen molar-refractivity contribution in [2.45, 2.75) is 277 Å². The molecule has 59 heavy (non-hydrogen) atoms. The predicted octanol–water partition coefficient (Wildman–Crippen LogP) is 15.7. The topological polar surface area (TPSA) is 57.2 Å². The van der Waals surface area contributed by atoms with Crippen LogP contribution in [0.15, 0.2) is 0 Å². The number of rotatable bonds is 43. The molecule has 2 aliphatic heterocycles. The van der Waals surface area contributed by atoms with E-state index in [1.165, 1.54) is 206 Å². The Morgan fingerprint density at radius 2 is 1.02 bits per heavy atom. The van der Waals surface area contributed by atoms with Gasteiger partial charge in [-0.25, -0.2) is 0 Å². The van der Waals surface area contributed by atoms with Crippen molar-refractivity contribution in [1.29, 1.82) is 0 Å². The SMILES string of the molecule is CCCCCC(CCCCC)CCOCCCCCCCCCC1(CCCCCCCCC(=O)OCCC(CCCCC)CCCCC)OCC(CN2CCCCC2)O1. The highest BCUT2D eigenvalue weighted by atomic mass is 16.7. The predicted molar refractivity (Wildman–Crippen MR) is 252 cm³/mol. The Kier molecular flexibility index (Phi) is 35.9. The van der Waals surface area contributed by atoms with Crippen LogP contribution in [-0.2, 0) is 23.7 Å². The zero-order valence-corrected chi connectivity index (χ0v) is 40.3. The van der Waals surface area contributed by atoms with E-state index in [2.05, 4.69) is 32.6 Å². The highest BCUT2D eigenvalue weighted by Crippen LogP contribution is 2.35. The number of unbranched alkanes of at least 4 members (excludes halogenated alkanes) is 19. The van der Waals surface area contributed by atoms with Crippen LogP contribution in [0.2, 0.25) is 0 Å². The molecule has 2 unspecified atom stereocenters. The van der Waals surface area contributed by atoms with Gasteiger partial charge in [0, 0.05) is 39.0 Å². The molecule has 6 heteroatoms. The van der Waals surface area contributed by atoms with Crippen molar-refractivity contribution < 1.29 is 23.7 Å². The minimum atomic E-state index is -0.377. The number of esters is 1. The molecule has 0 spiro atoms. The number of carbonyl (C=O) groups excluding carboxylic acids is 1. The van der Waals surface area contributed by atoms with E-state index in [9.17, 15) is 4.79 Å². The highest BCUT2D eigenvalue weighted by molar-refractivity contribution is 5.69. The van der Waals surface area contributed by atoms with Crippen molar-refractivity contribution in [1.82, 2.24) is 4.90 Å². The average molecular weight is 834 g/mol. The van der Waals surface area contributed by atoms with Crippen LogP contribution in [-0.4, -0.2) is 68.8 Å². The van der Waals surface area contributed by atoms with Crippen LogP contribution in [0, 0.1) is 11.8 Å². The maximum absolute atomic E-state index is 12.5. The molecule has 0 aromatic carbocycles. The van der Waals surface area contributed by atoms with E-state index >= 15 is 0 Å². The molecule has 0 saturated carbocycles. The van der Waals surface area contributed by atoms with E-state index in [1.54, 1.807) is 0 Å². The summed E-state index contributed by atoms with van der Waals surface area (Å²) in [5.74, 6) is 1.23. The zero-order chi connectivity index (χ0) is 42.3. The van der Waals surface area contributed by atoms with Gasteiger partial charge >= 0.3 is 5.97 Å². The first kappa shape index (κ1) is 54.4. The second kappa shape index (κ2) is 38.9. The lowest BCUT2D eigenvalue weighted by Gasteiger charge is -2.31. The molecule has 0 N–H and O–H groups in total. The largest absolute Gasteiger partial charge is 0.466 e. The van der Waals surface area contributed by atoms with Gasteiger partial charge in [0.05, 0.1) is 19.3 Å². The Balaban J connectivity index is 1.58. The smallest absolute Gasteiger partial charge is 0.305 e. The maximum Gasteiger partial charge on any atom is 0.305 e. The number of carbonyl (C=O) groups is 1. The third-order valence-electron chi connectivity index (χ3n) is 13.7. The van der Waals surface area contributed by atoms with Crippen molar-refractivity contribution >= 4 is 5.97 Å². The Morgan fingerprint density at radius 1 is 0.542 bits per heavy atom. The highest BCUT2D eigenvalue weighted by Gasteiger charge is 2.41. The maximum atomic E-state index is 12.5. The number of hydrogen-bond donors (Lipinski definition) is 0. The van der Waals surface area contributed by atoms with Crippen LogP contribution in [0.5, 0.6) is 0 Å². The molecule has 2 saturated heterocycles. The molecule has 2 rings (SSSR count). The summed E-state index contributed by atoms with van der Waals surface area (Å²) in [6.45, 7) is 15.9. The van der Waals surface area contributed by atoms with Gasteiger partial charge < -0.3 is 23.8 Å². The molecular formula is C53H103NO5. The quantitative estimate of drug-likeness (QED) is 0.0451. The molecule has 0 radical (unpaired) electrons. The molecule has 2 atom stereocenters. The average Bonchev–Trinajstić information content (AvgIpc) is 3.64. The Morgan fingerprint density at radius 3 is 1.54 bits per heavy atom. The molecule has 2 fully saturated rings. The van der Waals surface area contributed by atoms with Crippen LogP contribution < -0.4 is 0 Å². The molecule has 350 valence electrons. The number of ether oxygens (including phenoxy) is 4. The first-order valence-corrected chi connectivity index (χ1v) is 26.8. The van der Waals surface area contributed by atoms with Gasteiger partial charge in [0.25, 0.3) is 0 Å². The number of likely N-dealkylation sites (tertiary alicyclic amines) is 1. The van der Waals surface area contributed by atoms with Crippen LogP contribution in [0.4, 0.5) is 0 Å². The zero-order valence-electron chi connectivity index (χ0n) is 40.3. The van der Waals surface area contributed by atoms with Crippen molar-refractivity contribution in [2.24, 2.45) is 11.8 Å². The van der Waals surface area contributed by atoms with Crippen LogP contribution in [0.3, 0.4) is 0 Å². The second-order valence-electron chi connectivity index (χ2n) is 19.3. The molecular weight excluding hydrogens is 731 g/mol. The van der Waals surface area contributed by atoms with E-state index in [4.69, 9.17) is 18.9 Å². The van der Waals surface area contributed by atoms with Gasteiger partial charge in [0.2, 0.25) is 0 Å². The van der Waals surface area contributed by atoms with Gasteiger partial charge in [-0.05, 0) is 76.3 Å². The first-order chi connectivity index (χ1) is 29.0. The minimum Gasteiger partial charge on any atom is -0.466 e. The molecule has 6 nitrogen and oxygen atoms in total. The number of piperidine rings is 1. The van der Waals surface area contributed by atoms with Crippen molar-refractivity contribution in [3.8, 4) is 0 Å². The Bertz CT molecular complexity index is 890. The Labute approximate surface area is 368 Å². The second-order valence-corrected chi connectivity index (χ2v) is 19.3. The lowest BCUT2D eigenvalue weighted by Crippen LogP contribution is -2.39. The molecule has 2 heterocycles. The molecule has 0 amide bonds. The fourth-order valence-corrected chi connectivity index (χ4v) is 9.74.